The minimum Gasteiger partial charge on any atom is -0.493 e. The predicted octanol–water partition coefficient (Wildman–Crippen LogP) is 2.50. The van der Waals surface area contributed by atoms with Crippen molar-refractivity contribution in [2.75, 3.05) is 33.4 Å². The van der Waals surface area contributed by atoms with Crippen molar-refractivity contribution < 1.29 is 19.7 Å². The Balaban J connectivity index is 1.45. The quantitative estimate of drug-likeness (QED) is 0.747. The van der Waals surface area contributed by atoms with Gasteiger partial charge in [0.05, 0.1) is 19.4 Å². The minimum atomic E-state index is -0.827. The normalized spacial score (nSPS) is 26.5. The molecule has 2 aliphatic rings. The maximum Gasteiger partial charge on any atom is 0.161 e. The van der Waals surface area contributed by atoms with Crippen LogP contribution in [0.2, 0.25) is 0 Å². The van der Waals surface area contributed by atoms with E-state index in [0.717, 1.165) is 49.3 Å². The Morgan fingerprint density at radius 1 is 1.21 bits per heavy atom. The van der Waals surface area contributed by atoms with Gasteiger partial charge in [0.15, 0.2) is 11.5 Å². The standard InChI is InChI=1S/C23H30N2O4/c1-16-3-6-22(24-12-16)23(27)8-7-18-14-25(15-19(18)23)13-17-4-5-20(29-10-9-26)21(11-17)28-2/h3-6,11-12,18-19,26-27H,7-10,13-15H2,1-2H3/t18-,19+,23-/m0/s1. The second-order valence-corrected chi connectivity index (χ2v) is 8.30. The summed E-state index contributed by atoms with van der Waals surface area (Å²) in [4.78, 5) is 6.95. The largest absolute Gasteiger partial charge is 0.493 e. The van der Waals surface area contributed by atoms with Crippen LogP contribution in [0.3, 0.4) is 0 Å². The highest BCUT2D eigenvalue weighted by molar-refractivity contribution is 5.43. The summed E-state index contributed by atoms with van der Waals surface area (Å²) >= 11 is 0. The van der Waals surface area contributed by atoms with E-state index in [2.05, 4.69) is 9.88 Å². The van der Waals surface area contributed by atoms with Crippen LogP contribution in [0.5, 0.6) is 11.5 Å². The molecule has 0 unspecified atom stereocenters. The zero-order valence-electron chi connectivity index (χ0n) is 17.2. The van der Waals surface area contributed by atoms with E-state index in [1.54, 1.807) is 7.11 Å². The van der Waals surface area contributed by atoms with Crippen molar-refractivity contribution in [3.8, 4) is 11.5 Å². The number of aromatic nitrogens is 1. The van der Waals surface area contributed by atoms with Crippen LogP contribution in [-0.2, 0) is 12.1 Å². The number of aliphatic hydroxyl groups excluding tert-OH is 1. The summed E-state index contributed by atoms with van der Waals surface area (Å²) in [5.41, 5.74) is 2.24. The zero-order chi connectivity index (χ0) is 20.4. The Morgan fingerprint density at radius 2 is 2.07 bits per heavy atom. The number of methoxy groups -OCH3 is 1. The number of fused-ring (bicyclic) bond motifs is 1. The monoisotopic (exact) mass is 398 g/mol. The van der Waals surface area contributed by atoms with Gasteiger partial charge in [0.25, 0.3) is 0 Å². The molecule has 0 bridgehead atoms. The number of ether oxygens (including phenoxy) is 2. The Kier molecular flexibility index (Phi) is 5.76. The maximum absolute atomic E-state index is 11.5. The summed E-state index contributed by atoms with van der Waals surface area (Å²) in [6.07, 6.45) is 3.67. The average molecular weight is 399 g/mol. The van der Waals surface area contributed by atoms with E-state index in [0.29, 0.717) is 17.4 Å². The molecule has 0 spiro atoms. The average Bonchev–Trinajstić information content (AvgIpc) is 3.27. The third-order valence-corrected chi connectivity index (χ3v) is 6.36. The first-order chi connectivity index (χ1) is 14.0. The van der Waals surface area contributed by atoms with Crippen LogP contribution in [0, 0.1) is 18.8 Å². The van der Waals surface area contributed by atoms with E-state index in [4.69, 9.17) is 14.6 Å². The molecule has 156 valence electrons. The van der Waals surface area contributed by atoms with Crippen LogP contribution >= 0.6 is 0 Å². The molecule has 1 saturated carbocycles. The molecule has 2 N–H and O–H groups in total. The smallest absolute Gasteiger partial charge is 0.161 e. The molecule has 0 radical (unpaired) electrons. The summed E-state index contributed by atoms with van der Waals surface area (Å²) in [6, 6.07) is 9.95. The summed E-state index contributed by atoms with van der Waals surface area (Å²) in [5.74, 6) is 2.03. The fourth-order valence-corrected chi connectivity index (χ4v) is 4.90. The van der Waals surface area contributed by atoms with Crippen molar-refractivity contribution in [2.24, 2.45) is 11.8 Å². The van der Waals surface area contributed by atoms with E-state index < -0.39 is 5.60 Å². The van der Waals surface area contributed by atoms with Gasteiger partial charge in [-0.1, -0.05) is 12.1 Å². The molecule has 1 aliphatic carbocycles. The highest BCUT2D eigenvalue weighted by Gasteiger charge is 2.53. The molecule has 2 aromatic rings. The van der Waals surface area contributed by atoms with E-state index in [-0.39, 0.29) is 19.1 Å². The van der Waals surface area contributed by atoms with Gasteiger partial charge in [-0.05, 0) is 55.0 Å². The molecule has 6 heteroatoms. The molecular formula is C23H30N2O4. The minimum absolute atomic E-state index is 0.0276. The maximum atomic E-state index is 11.5. The fraction of sp³-hybridized carbons (Fsp3) is 0.522. The van der Waals surface area contributed by atoms with E-state index in [1.165, 1.54) is 0 Å². The third kappa shape index (κ3) is 3.97. The van der Waals surface area contributed by atoms with Crippen LogP contribution in [0.15, 0.2) is 36.5 Å². The number of hydrogen-bond donors (Lipinski definition) is 2. The van der Waals surface area contributed by atoms with Crippen LogP contribution in [0.25, 0.3) is 0 Å². The van der Waals surface area contributed by atoms with Crippen LogP contribution in [0.4, 0.5) is 0 Å². The predicted molar refractivity (Wildman–Crippen MR) is 110 cm³/mol. The molecule has 1 saturated heterocycles. The SMILES string of the molecule is COc1cc(CN2C[C@@H]3CC[C@@](O)(c4ccc(C)cn4)[C@@H]3C2)ccc1OCCO. The van der Waals surface area contributed by atoms with Crippen molar-refractivity contribution in [3.05, 3.63) is 53.3 Å². The van der Waals surface area contributed by atoms with Gasteiger partial charge in [0.2, 0.25) is 0 Å². The van der Waals surface area contributed by atoms with Gasteiger partial charge in [-0.2, -0.15) is 0 Å². The van der Waals surface area contributed by atoms with Gasteiger partial charge in [-0.25, -0.2) is 0 Å². The van der Waals surface area contributed by atoms with Gasteiger partial charge in [0, 0.05) is 31.7 Å². The lowest BCUT2D eigenvalue weighted by molar-refractivity contribution is -0.0108. The highest BCUT2D eigenvalue weighted by atomic mass is 16.5. The molecule has 2 fully saturated rings. The number of aryl methyl sites for hydroxylation is 1. The molecule has 1 aromatic heterocycles. The summed E-state index contributed by atoms with van der Waals surface area (Å²) in [5, 5.41) is 20.4. The van der Waals surface area contributed by atoms with Crippen molar-refractivity contribution in [1.29, 1.82) is 0 Å². The van der Waals surface area contributed by atoms with Gasteiger partial charge in [-0.3, -0.25) is 9.88 Å². The van der Waals surface area contributed by atoms with Crippen molar-refractivity contribution >= 4 is 0 Å². The lowest BCUT2D eigenvalue weighted by Crippen LogP contribution is -2.35. The van der Waals surface area contributed by atoms with E-state index in [1.807, 2.05) is 43.5 Å². The number of hydrogen-bond acceptors (Lipinski definition) is 6. The van der Waals surface area contributed by atoms with E-state index in [9.17, 15) is 5.11 Å². The van der Waals surface area contributed by atoms with Crippen molar-refractivity contribution in [2.45, 2.75) is 31.9 Å². The fourth-order valence-electron chi connectivity index (χ4n) is 4.90. The Morgan fingerprint density at radius 3 is 2.79 bits per heavy atom. The molecule has 3 atom stereocenters. The summed E-state index contributed by atoms with van der Waals surface area (Å²) in [6.45, 7) is 4.90. The molecule has 2 heterocycles. The van der Waals surface area contributed by atoms with Crippen LogP contribution in [0.1, 0.15) is 29.7 Å². The Labute approximate surface area is 172 Å². The topological polar surface area (TPSA) is 75.1 Å². The molecular weight excluding hydrogens is 368 g/mol. The number of aliphatic hydroxyl groups is 2. The zero-order valence-corrected chi connectivity index (χ0v) is 17.2. The number of benzene rings is 1. The van der Waals surface area contributed by atoms with Gasteiger partial charge < -0.3 is 19.7 Å². The molecule has 29 heavy (non-hydrogen) atoms. The summed E-state index contributed by atoms with van der Waals surface area (Å²) < 4.78 is 11.0. The second kappa shape index (κ2) is 8.30. The van der Waals surface area contributed by atoms with Crippen LogP contribution < -0.4 is 9.47 Å². The lowest BCUT2D eigenvalue weighted by atomic mass is 9.85. The van der Waals surface area contributed by atoms with Crippen LogP contribution in [-0.4, -0.2) is 53.5 Å². The number of nitrogens with zero attached hydrogens (tertiary/aromatic N) is 2. The van der Waals surface area contributed by atoms with Gasteiger partial charge in [0.1, 0.15) is 12.2 Å². The Bertz CT molecular complexity index is 841. The van der Waals surface area contributed by atoms with Gasteiger partial charge >= 0.3 is 0 Å². The lowest BCUT2D eigenvalue weighted by Gasteiger charge is -2.30. The highest BCUT2D eigenvalue weighted by Crippen LogP contribution is 2.50. The van der Waals surface area contributed by atoms with Crippen molar-refractivity contribution in [3.63, 3.8) is 0 Å². The van der Waals surface area contributed by atoms with E-state index >= 15 is 0 Å². The molecule has 4 rings (SSSR count). The van der Waals surface area contributed by atoms with Gasteiger partial charge in [-0.15, -0.1) is 0 Å². The Hall–Kier alpha value is -2.15. The number of rotatable bonds is 7. The molecule has 0 amide bonds. The first kappa shape index (κ1) is 20.1. The number of likely N-dealkylation sites (tertiary alicyclic amines) is 1. The first-order valence-corrected chi connectivity index (χ1v) is 10.3. The first-order valence-electron chi connectivity index (χ1n) is 10.3. The third-order valence-electron chi connectivity index (χ3n) is 6.36. The summed E-state index contributed by atoms with van der Waals surface area (Å²) in [7, 11) is 1.62. The molecule has 6 nitrogen and oxygen atoms in total. The second-order valence-electron chi connectivity index (χ2n) is 8.30. The molecule has 1 aliphatic heterocycles. The molecule has 1 aromatic carbocycles. The van der Waals surface area contributed by atoms with Crippen molar-refractivity contribution in [1.82, 2.24) is 9.88 Å². The number of pyridine rings is 1.